The lowest BCUT2D eigenvalue weighted by molar-refractivity contribution is -0.132. The van der Waals surface area contributed by atoms with E-state index in [1.54, 1.807) is 36.4 Å². The molecule has 1 amide bonds. The van der Waals surface area contributed by atoms with Crippen molar-refractivity contribution in [2.45, 2.75) is 39.7 Å². The van der Waals surface area contributed by atoms with Crippen LogP contribution in [0.2, 0.25) is 0 Å². The van der Waals surface area contributed by atoms with Gasteiger partial charge in [0.2, 0.25) is 0 Å². The van der Waals surface area contributed by atoms with Gasteiger partial charge in [0.15, 0.2) is 0 Å². The van der Waals surface area contributed by atoms with Crippen LogP contribution in [-0.4, -0.2) is 23.4 Å². The Morgan fingerprint density at radius 2 is 1.69 bits per heavy atom. The number of aliphatic hydroxyl groups is 1. The first kappa shape index (κ1) is 24.7. The molecule has 0 saturated carbocycles. The van der Waals surface area contributed by atoms with Crippen molar-refractivity contribution < 1.29 is 19.4 Å². The first-order valence-electron chi connectivity index (χ1n) is 11.6. The van der Waals surface area contributed by atoms with Crippen molar-refractivity contribution in [3.63, 3.8) is 0 Å². The minimum Gasteiger partial charge on any atom is -0.507 e. The van der Waals surface area contributed by atoms with E-state index in [2.05, 4.69) is 29.8 Å². The van der Waals surface area contributed by atoms with E-state index in [0.717, 1.165) is 21.2 Å². The van der Waals surface area contributed by atoms with Gasteiger partial charge in [0, 0.05) is 15.7 Å². The predicted octanol–water partition coefficient (Wildman–Crippen LogP) is 6.91. The average Bonchev–Trinajstić information content (AvgIpc) is 3.11. The fourth-order valence-electron chi connectivity index (χ4n) is 4.29. The lowest BCUT2D eigenvalue weighted by Crippen LogP contribution is -2.29. The van der Waals surface area contributed by atoms with Crippen LogP contribution in [0.1, 0.15) is 55.0 Å². The molecule has 0 bridgehead atoms. The maximum Gasteiger partial charge on any atom is 0.300 e. The molecule has 1 aliphatic heterocycles. The molecule has 1 atom stereocenters. The molecule has 0 aliphatic carbocycles. The molecule has 1 unspecified atom stereocenters. The van der Waals surface area contributed by atoms with Gasteiger partial charge >= 0.3 is 0 Å². The number of Topliss-reactive ketones (excluding diaryl/α,β-unsaturated/α-hetero) is 1. The molecule has 4 rings (SSSR count). The van der Waals surface area contributed by atoms with E-state index in [4.69, 9.17) is 4.74 Å². The van der Waals surface area contributed by atoms with E-state index < -0.39 is 17.7 Å². The van der Waals surface area contributed by atoms with E-state index in [1.165, 1.54) is 4.90 Å². The van der Waals surface area contributed by atoms with Gasteiger partial charge in [-0.1, -0.05) is 60.1 Å². The summed E-state index contributed by atoms with van der Waals surface area (Å²) in [4.78, 5) is 28.1. The summed E-state index contributed by atoms with van der Waals surface area (Å²) >= 11 is 3.47. The van der Waals surface area contributed by atoms with Crippen molar-refractivity contribution >= 4 is 39.1 Å². The summed E-state index contributed by atoms with van der Waals surface area (Å²) in [6, 6.07) is 19.5. The standard InChI is InChI=1S/C29H28BrNO4/c1-5-35-23-13-11-22(12-14-23)31-26(20-8-6-19(7-9-20)17(2)3)25(28(33)29(31)34)27(32)21-10-15-24(30)18(4)16-21/h6-17,26,32H,5H2,1-4H3/b27-25-. The number of ketones is 1. The van der Waals surface area contributed by atoms with Crippen LogP contribution in [0.3, 0.4) is 0 Å². The zero-order valence-corrected chi connectivity index (χ0v) is 21.8. The summed E-state index contributed by atoms with van der Waals surface area (Å²) in [5.74, 6) is -0.564. The van der Waals surface area contributed by atoms with Crippen molar-refractivity contribution in [3.8, 4) is 5.75 Å². The summed E-state index contributed by atoms with van der Waals surface area (Å²) in [5, 5.41) is 11.3. The third-order valence-corrected chi connectivity index (χ3v) is 7.11. The van der Waals surface area contributed by atoms with Gasteiger partial charge in [-0.2, -0.15) is 0 Å². The SMILES string of the molecule is CCOc1ccc(N2C(=O)C(=O)/C(=C(\O)c3ccc(Br)c(C)c3)C2c2ccc(C(C)C)cc2)cc1. The Morgan fingerprint density at radius 1 is 1.03 bits per heavy atom. The van der Waals surface area contributed by atoms with Gasteiger partial charge in [-0.05, 0) is 72.9 Å². The smallest absolute Gasteiger partial charge is 0.300 e. The lowest BCUT2D eigenvalue weighted by Gasteiger charge is -2.26. The zero-order chi connectivity index (χ0) is 25.3. The van der Waals surface area contributed by atoms with Gasteiger partial charge < -0.3 is 9.84 Å². The van der Waals surface area contributed by atoms with Gasteiger partial charge in [0.05, 0.1) is 18.2 Å². The van der Waals surface area contributed by atoms with Crippen LogP contribution in [0.5, 0.6) is 5.75 Å². The molecular weight excluding hydrogens is 506 g/mol. The maximum atomic E-state index is 13.3. The molecule has 1 saturated heterocycles. The van der Waals surface area contributed by atoms with Crippen LogP contribution in [0.15, 0.2) is 76.8 Å². The van der Waals surface area contributed by atoms with E-state index in [-0.39, 0.29) is 11.3 Å². The van der Waals surface area contributed by atoms with Crippen molar-refractivity contribution in [3.05, 3.63) is 99.0 Å². The minimum atomic E-state index is -0.766. The number of hydrogen-bond donors (Lipinski definition) is 1. The zero-order valence-electron chi connectivity index (χ0n) is 20.2. The highest BCUT2D eigenvalue weighted by Crippen LogP contribution is 2.43. The van der Waals surface area contributed by atoms with Crippen molar-refractivity contribution in [1.82, 2.24) is 0 Å². The molecule has 6 heteroatoms. The highest BCUT2D eigenvalue weighted by Gasteiger charge is 2.47. The monoisotopic (exact) mass is 533 g/mol. The van der Waals surface area contributed by atoms with E-state index in [1.807, 2.05) is 44.2 Å². The van der Waals surface area contributed by atoms with Gasteiger partial charge in [-0.25, -0.2) is 0 Å². The first-order valence-corrected chi connectivity index (χ1v) is 12.4. The molecule has 0 radical (unpaired) electrons. The third-order valence-electron chi connectivity index (χ3n) is 6.22. The number of carbonyl (C=O) groups excluding carboxylic acids is 2. The van der Waals surface area contributed by atoms with E-state index >= 15 is 0 Å². The molecule has 0 aromatic heterocycles. The Labute approximate surface area is 214 Å². The summed E-state index contributed by atoms with van der Waals surface area (Å²) in [6.45, 7) is 8.55. The number of aliphatic hydroxyl groups excluding tert-OH is 1. The minimum absolute atomic E-state index is 0.0721. The summed E-state index contributed by atoms with van der Waals surface area (Å²) in [6.07, 6.45) is 0. The summed E-state index contributed by atoms with van der Waals surface area (Å²) in [7, 11) is 0. The molecule has 1 aliphatic rings. The van der Waals surface area contributed by atoms with Crippen LogP contribution in [0.4, 0.5) is 5.69 Å². The van der Waals surface area contributed by atoms with Crippen molar-refractivity contribution in [2.75, 3.05) is 11.5 Å². The first-order chi connectivity index (χ1) is 16.7. The number of benzene rings is 3. The molecule has 180 valence electrons. The fraction of sp³-hybridized carbons (Fsp3) is 0.241. The van der Waals surface area contributed by atoms with E-state index in [9.17, 15) is 14.7 Å². The number of rotatable bonds is 6. The molecular formula is C29H28BrNO4. The number of nitrogens with zero attached hydrogens (tertiary/aromatic N) is 1. The fourth-order valence-corrected chi connectivity index (χ4v) is 4.54. The van der Waals surface area contributed by atoms with Crippen LogP contribution in [0, 0.1) is 6.92 Å². The normalized spacial score (nSPS) is 17.3. The van der Waals surface area contributed by atoms with E-state index in [0.29, 0.717) is 29.5 Å². The van der Waals surface area contributed by atoms with Crippen LogP contribution in [-0.2, 0) is 9.59 Å². The number of anilines is 1. The highest BCUT2D eigenvalue weighted by atomic mass is 79.9. The lowest BCUT2D eigenvalue weighted by atomic mass is 9.93. The molecule has 3 aromatic carbocycles. The van der Waals surface area contributed by atoms with Crippen LogP contribution < -0.4 is 9.64 Å². The summed E-state index contributed by atoms with van der Waals surface area (Å²) in [5.41, 5.74) is 3.92. The Balaban J connectivity index is 1.89. The molecule has 1 fully saturated rings. The predicted molar refractivity (Wildman–Crippen MR) is 142 cm³/mol. The average molecular weight is 534 g/mol. The van der Waals surface area contributed by atoms with Gasteiger partial charge in [-0.15, -0.1) is 0 Å². The Morgan fingerprint density at radius 3 is 2.26 bits per heavy atom. The molecule has 1 N–H and O–H groups in total. The second-order valence-corrected chi connectivity index (χ2v) is 9.74. The van der Waals surface area contributed by atoms with Gasteiger partial charge in [-0.3, -0.25) is 14.5 Å². The van der Waals surface area contributed by atoms with Gasteiger partial charge in [0.1, 0.15) is 11.5 Å². The Bertz CT molecular complexity index is 1290. The Kier molecular flexibility index (Phi) is 7.13. The number of amides is 1. The Hall–Kier alpha value is -3.38. The topological polar surface area (TPSA) is 66.8 Å². The van der Waals surface area contributed by atoms with Gasteiger partial charge in [0.25, 0.3) is 11.7 Å². The summed E-state index contributed by atoms with van der Waals surface area (Å²) < 4.78 is 6.43. The second-order valence-electron chi connectivity index (χ2n) is 8.88. The largest absolute Gasteiger partial charge is 0.507 e. The number of aryl methyl sites for hydroxylation is 1. The molecule has 1 heterocycles. The molecule has 35 heavy (non-hydrogen) atoms. The third kappa shape index (κ3) is 4.76. The molecule has 5 nitrogen and oxygen atoms in total. The second kappa shape index (κ2) is 10.1. The maximum absolute atomic E-state index is 13.3. The molecule has 0 spiro atoms. The number of carbonyl (C=O) groups is 2. The van der Waals surface area contributed by atoms with Crippen LogP contribution >= 0.6 is 15.9 Å². The molecule has 3 aromatic rings. The number of hydrogen-bond acceptors (Lipinski definition) is 4. The highest BCUT2D eigenvalue weighted by molar-refractivity contribution is 9.10. The van der Waals surface area contributed by atoms with Crippen molar-refractivity contribution in [2.24, 2.45) is 0 Å². The number of halogens is 1. The quantitative estimate of drug-likeness (QED) is 0.212. The van der Waals surface area contributed by atoms with Crippen molar-refractivity contribution in [1.29, 1.82) is 0 Å². The number of ether oxygens (including phenoxy) is 1. The van der Waals surface area contributed by atoms with Crippen LogP contribution in [0.25, 0.3) is 5.76 Å².